The second-order valence-electron chi connectivity index (χ2n) is 3.61. The van der Waals surface area contributed by atoms with E-state index < -0.39 is 5.97 Å². The summed E-state index contributed by atoms with van der Waals surface area (Å²) in [5.74, 6) is -0.900. The highest BCUT2D eigenvalue weighted by Gasteiger charge is 2.10. The zero-order chi connectivity index (χ0) is 12.0. The molecule has 1 aromatic heterocycles. The van der Waals surface area contributed by atoms with Crippen molar-refractivity contribution in [2.24, 2.45) is 0 Å². The Morgan fingerprint density at radius 1 is 1.44 bits per heavy atom. The number of aromatic nitrogens is 1. The van der Waals surface area contributed by atoms with Crippen molar-refractivity contribution < 1.29 is 9.90 Å². The van der Waals surface area contributed by atoms with Gasteiger partial charge in [-0.1, -0.05) is 13.8 Å². The molecule has 0 radical (unpaired) electrons. The van der Waals surface area contributed by atoms with Gasteiger partial charge in [0.05, 0.1) is 5.56 Å². The third kappa shape index (κ3) is 3.31. The van der Waals surface area contributed by atoms with Crippen LogP contribution < -0.4 is 0 Å². The normalized spacial score (nSPS) is 10.7. The minimum Gasteiger partial charge on any atom is -0.478 e. The van der Waals surface area contributed by atoms with Crippen LogP contribution in [0, 0.1) is 0 Å². The van der Waals surface area contributed by atoms with Gasteiger partial charge in [-0.05, 0) is 31.1 Å². The average molecular weight is 222 g/mol. The van der Waals surface area contributed by atoms with Crippen molar-refractivity contribution >= 4 is 5.97 Å². The lowest BCUT2D eigenvalue weighted by Gasteiger charge is -2.18. The van der Waals surface area contributed by atoms with Crippen molar-refractivity contribution in [2.45, 2.75) is 20.3 Å². The number of carboxylic acids is 1. The van der Waals surface area contributed by atoms with E-state index in [9.17, 15) is 4.79 Å². The molecule has 4 nitrogen and oxygen atoms in total. The molecule has 0 atom stereocenters. The van der Waals surface area contributed by atoms with Gasteiger partial charge >= 0.3 is 5.97 Å². The Hall–Kier alpha value is -1.42. The zero-order valence-electron chi connectivity index (χ0n) is 9.81. The van der Waals surface area contributed by atoms with Crippen molar-refractivity contribution in [1.29, 1.82) is 0 Å². The highest BCUT2D eigenvalue weighted by Crippen LogP contribution is 2.08. The fourth-order valence-corrected chi connectivity index (χ4v) is 1.65. The highest BCUT2D eigenvalue weighted by molar-refractivity contribution is 5.88. The molecule has 1 N–H and O–H groups in total. The SMILES string of the molecule is CCN(CC)CCc1ccncc1C(=O)O. The Kier molecular flexibility index (Phi) is 4.92. The molecule has 0 aliphatic rings. The summed E-state index contributed by atoms with van der Waals surface area (Å²) in [7, 11) is 0. The topological polar surface area (TPSA) is 53.4 Å². The number of carbonyl (C=O) groups is 1. The molecular formula is C12H18N2O2. The van der Waals surface area contributed by atoms with Crippen LogP contribution in [0.25, 0.3) is 0 Å². The number of hydrogen-bond donors (Lipinski definition) is 1. The molecule has 0 saturated heterocycles. The van der Waals surface area contributed by atoms with Crippen molar-refractivity contribution in [3.05, 3.63) is 29.6 Å². The maximum Gasteiger partial charge on any atom is 0.337 e. The van der Waals surface area contributed by atoms with Gasteiger partial charge in [-0.2, -0.15) is 0 Å². The molecule has 0 unspecified atom stereocenters. The second kappa shape index (κ2) is 6.23. The van der Waals surface area contributed by atoms with Crippen LogP contribution in [0.3, 0.4) is 0 Å². The summed E-state index contributed by atoms with van der Waals surface area (Å²) in [6.45, 7) is 7.08. The van der Waals surface area contributed by atoms with Crippen LogP contribution in [-0.2, 0) is 6.42 Å². The van der Waals surface area contributed by atoms with Gasteiger partial charge in [0.15, 0.2) is 0 Å². The predicted octanol–water partition coefficient (Wildman–Crippen LogP) is 1.66. The van der Waals surface area contributed by atoms with E-state index in [1.807, 2.05) is 0 Å². The first-order chi connectivity index (χ1) is 7.69. The molecule has 0 fully saturated rings. The quantitative estimate of drug-likeness (QED) is 0.795. The third-order valence-electron chi connectivity index (χ3n) is 2.73. The van der Waals surface area contributed by atoms with Gasteiger partial charge in [0.25, 0.3) is 0 Å². The smallest absolute Gasteiger partial charge is 0.337 e. The summed E-state index contributed by atoms with van der Waals surface area (Å²) in [5, 5.41) is 8.99. The monoisotopic (exact) mass is 222 g/mol. The molecule has 0 aromatic carbocycles. The molecule has 4 heteroatoms. The molecule has 1 rings (SSSR count). The van der Waals surface area contributed by atoms with Crippen molar-refractivity contribution in [3.63, 3.8) is 0 Å². The molecule has 1 heterocycles. The number of nitrogens with zero attached hydrogens (tertiary/aromatic N) is 2. The van der Waals surface area contributed by atoms with E-state index in [1.54, 1.807) is 12.3 Å². The van der Waals surface area contributed by atoms with Crippen LogP contribution in [0.1, 0.15) is 29.8 Å². The van der Waals surface area contributed by atoms with Gasteiger partial charge in [0.2, 0.25) is 0 Å². The summed E-state index contributed by atoms with van der Waals surface area (Å²) in [6.07, 6.45) is 3.82. The summed E-state index contributed by atoms with van der Waals surface area (Å²) >= 11 is 0. The van der Waals surface area contributed by atoms with Gasteiger partial charge in [-0.3, -0.25) is 4.98 Å². The van der Waals surface area contributed by atoms with Gasteiger partial charge in [-0.25, -0.2) is 4.79 Å². The van der Waals surface area contributed by atoms with E-state index in [4.69, 9.17) is 5.11 Å². The molecule has 1 aromatic rings. The maximum atomic E-state index is 11.0. The third-order valence-corrected chi connectivity index (χ3v) is 2.73. The van der Waals surface area contributed by atoms with Crippen molar-refractivity contribution in [2.75, 3.05) is 19.6 Å². The Morgan fingerprint density at radius 3 is 2.69 bits per heavy atom. The van der Waals surface area contributed by atoms with E-state index >= 15 is 0 Å². The molecule has 0 amide bonds. The van der Waals surface area contributed by atoms with E-state index in [0.29, 0.717) is 5.56 Å². The molecule has 0 aliphatic heterocycles. The van der Waals surface area contributed by atoms with Crippen LogP contribution in [0.4, 0.5) is 0 Å². The summed E-state index contributed by atoms with van der Waals surface area (Å²) < 4.78 is 0. The number of rotatable bonds is 6. The fraction of sp³-hybridized carbons (Fsp3) is 0.500. The molecule has 0 aliphatic carbocycles. The summed E-state index contributed by atoms with van der Waals surface area (Å²) in [6, 6.07) is 1.78. The summed E-state index contributed by atoms with van der Waals surface area (Å²) in [4.78, 5) is 17.1. The standard InChI is InChI=1S/C12H18N2O2/c1-3-14(4-2)8-6-10-5-7-13-9-11(10)12(15)16/h5,7,9H,3-4,6,8H2,1-2H3,(H,15,16). The lowest BCUT2D eigenvalue weighted by molar-refractivity contribution is 0.0695. The molecular weight excluding hydrogens is 204 g/mol. The molecule has 0 spiro atoms. The van der Waals surface area contributed by atoms with Crippen LogP contribution in [-0.4, -0.2) is 40.6 Å². The minimum absolute atomic E-state index is 0.314. The molecule has 88 valence electrons. The van der Waals surface area contributed by atoms with Crippen LogP contribution in [0.5, 0.6) is 0 Å². The maximum absolute atomic E-state index is 11.0. The number of likely N-dealkylation sites (N-methyl/N-ethyl adjacent to an activating group) is 1. The summed E-state index contributed by atoms with van der Waals surface area (Å²) in [5.41, 5.74) is 1.17. The number of pyridine rings is 1. The second-order valence-corrected chi connectivity index (χ2v) is 3.61. The largest absolute Gasteiger partial charge is 0.478 e. The fourth-order valence-electron chi connectivity index (χ4n) is 1.65. The number of carboxylic acid groups (broad SMARTS) is 1. The Labute approximate surface area is 95.9 Å². The average Bonchev–Trinajstić information content (AvgIpc) is 2.30. The van der Waals surface area contributed by atoms with E-state index in [1.165, 1.54) is 6.20 Å². The zero-order valence-corrected chi connectivity index (χ0v) is 9.81. The number of aromatic carboxylic acids is 1. The lowest BCUT2D eigenvalue weighted by atomic mass is 10.1. The molecule has 0 saturated carbocycles. The number of hydrogen-bond acceptors (Lipinski definition) is 3. The molecule has 0 bridgehead atoms. The van der Waals surface area contributed by atoms with E-state index in [2.05, 4.69) is 23.7 Å². The van der Waals surface area contributed by atoms with Gasteiger partial charge < -0.3 is 10.0 Å². The Balaban J connectivity index is 2.69. The lowest BCUT2D eigenvalue weighted by Crippen LogP contribution is -2.25. The Bertz CT molecular complexity index is 349. The predicted molar refractivity (Wildman–Crippen MR) is 62.7 cm³/mol. The first-order valence-electron chi connectivity index (χ1n) is 5.57. The van der Waals surface area contributed by atoms with Crippen LogP contribution in [0.15, 0.2) is 18.5 Å². The van der Waals surface area contributed by atoms with Crippen LogP contribution in [0.2, 0.25) is 0 Å². The first kappa shape index (κ1) is 12.6. The van der Waals surface area contributed by atoms with Crippen molar-refractivity contribution in [1.82, 2.24) is 9.88 Å². The van der Waals surface area contributed by atoms with E-state index in [-0.39, 0.29) is 0 Å². The van der Waals surface area contributed by atoms with Gasteiger partial charge in [0.1, 0.15) is 0 Å². The van der Waals surface area contributed by atoms with Crippen molar-refractivity contribution in [3.8, 4) is 0 Å². The molecule has 16 heavy (non-hydrogen) atoms. The van der Waals surface area contributed by atoms with Gasteiger partial charge in [0, 0.05) is 18.9 Å². The minimum atomic E-state index is -0.900. The Morgan fingerprint density at radius 2 is 2.12 bits per heavy atom. The first-order valence-corrected chi connectivity index (χ1v) is 5.57. The van der Waals surface area contributed by atoms with E-state index in [0.717, 1.165) is 31.6 Å². The van der Waals surface area contributed by atoms with Gasteiger partial charge in [-0.15, -0.1) is 0 Å². The van der Waals surface area contributed by atoms with Crippen LogP contribution >= 0.6 is 0 Å². The highest BCUT2D eigenvalue weighted by atomic mass is 16.4.